The average molecular weight is 214 g/mol. The van der Waals surface area contributed by atoms with Crippen LogP contribution in [-0.2, 0) is 21.6 Å². The molecule has 0 spiro atoms. The lowest BCUT2D eigenvalue weighted by Crippen LogP contribution is -2.03. The van der Waals surface area contributed by atoms with Gasteiger partial charge in [0.15, 0.2) is 0 Å². The molecule has 0 N–H and O–H groups in total. The Labute approximate surface area is 82.3 Å². The number of hydrogen-bond donors (Lipinski definition) is 0. The third kappa shape index (κ3) is 1.74. The smallest absolute Gasteiger partial charge is 0.135 e. The summed E-state index contributed by atoms with van der Waals surface area (Å²) < 4.78 is 22.8. The van der Waals surface area contributed by atoms with Gasteiger partial charge in [-0.1, -0.05) is 30.3 Å². The SMILES string of the molecule is O=S1CCS(=O)C1c1ccccc1. The lowest BCUT2D eigenvalue weighted by molar-refractivity contribution is 0.679. The molecular weight excluding hydrogens is 204 g/mol. The normalized spacial score (nSPS) is 33.4. The first-order chi connectivity index (χ1) is 6.29. The first-order valence-corrected chi connectivity index (χ1v) is 6.85. The van der Waals surface area contributed by atoms with Crippen molar-refractivity contribution in [2.24, 2.45) is 0 Å². The Morgan fingerprint density at radius 1 is 1.00 bits per heavy atom. The van der Waals surface area contributed by atoms with Crippen molar-refractivity contribution in [3.8, 4) is 0 Å². The van der Waals surface area contributed by atoms with Gasteiger partial charge < -0.3 is 0 Å². The molecule has 2 nitrogen and oxygen atoms in total. The predicted molar refractivity (Wildman–Crippen MR) is 55.2 cm³/mol. The van der Waals surface area contributed by atoms with Crippen LogP contribution in [0, 0.1) is 0 Å². The van der Waals surface area contributed by atoms with Gasteiger partial charge in [0.25, 0.3) is 0 Å². The van der Waals surface area contributed by atoms with E-state index in [1.165, 1.54) is 0 Å². The summed E-state index contributed by atoms with van der Waals surface area (Å²) in [4.78, 5) is 0. The van der Waals surface area contributed by atoms with Gasteiger partial charge in [0.1, 0.15) is 4.58 Å². The first kappa shape index (κ1) is 9.09. The lowest BCUT2D eigenvalue weighted by Gasteiger charge is -2.06. The Morgan fingerprint density at radius 2 is 1.54 bits per heavy atom. The van der Waals surface area contributed by atoms with E-state index >= 15 is 0 Å². The summed E-state index contributed by atoms with van der Waals surface area (Å²) in [6.07, 6.45) is 0. The molecule has 1 fully saturated rings. The zero-order valence-corrected chi connectivity index (χ0v) is 8.64. The van der Waals surface area contributed by atoms with E-state index in [2.05, 4.69) is 0 Å². The molecule has 4 heteroatoms. The molecule has 0 bridgehead atoms. The van der Waals surface area contributed by atoms with Gasteiger partial charge in [0.2, 0.25) is 0 Å². The Bertz CT molecular complexity index is 332. The topological polar surface area (TPSA) is 34.1 Å². The van der Waals surface area contributed by atoms with Crippen LogP contribution in [-0.4, -0.2) is 19.9 Å². The third-order valence-corrected chi connectivity index (χ3v) is 6.29. The largest absolute Gasteiger partial charge is 0.258 e. The average Bonchev–Trinajstić information content (AvgIpc) is 2.48. The summed E-state index contributed by atoms with van der Waals surface area (Å²) >= 11 is 0. The summed E-state index contributed by atoms with van der Waals surface area (Å²) in [6, 6.07) is 9.48. The molecule has 1 heterocycles. The van der Waals surface area contributed by atoms with Crippen molar-refractivity contribution < 1.29 is 8.42 Å². The van der Waals surface area contributed by atoms with Gasteiger partial charge in [-0.05, 0) is 5.56 Å². The van der Waals surface area contributed by atoms with Crippen LogP contribution in [0.3, 0.4) is 0 Å². The van der Waals surface area contributed by atoms with Crippen LogP contribution in [0.4, 0.5) is 0 Å². The maximum atomic E-state index is 11.5. The van der Waals surface area contributed by atoms with E-state index in [0.29, 0.717) is 11.5 Å². The molecule has 1 aromatic carbocycles. The molecule has 0 saturated carbocycles. The van der Waals surface area contributed by atoms with Crippen molar-refractivity contribution in [1.29, 1.82) is 0 Å². The Kier molecular flexibility index (Phi) is 2.60. The third-order valence-electron chi connectivity index (χ3n) is 2.03. The lowest BCUT2D eigenvalue weighted by atomic mass is 10.2. The summed E-state index contributed by atoms with van der Waals surface area (Å²) in [7, 11) is -1.88. The van der Waals surface area contributed by atoms with Crippen LogP contribution in [0.15, 0.2) is 30.3 Å². The van der Waals surface area contributed by atoms with Crippen LogP contribution in [0.2, 0.25) is 0 Å². The van der Waals surface area contributed by atoms with Crippen LogP contribution >= 0.6 is 0 Å². The molecule has 2 unspecified atom stereocenters. The molecule has 1 saturated heterocycles. The van der Waals surface area contributed by atoms with Gasteiger partial charge in [-0.2, -0.15) is 0 Å². The maximum absolute atomic E-state index is 11.5. The minimum atomic E-state index is -0.942. The maximum Gasteiger partial charge on any atom is 0.135 e. The fraction of sp³-hybridized carbons (Fsp3) is 0.333. The zero-order valence-electron chi connectivity index (χ0n) is 7.01. The van der Waals surface area contributed by atoms with Crippen LogP contribution < -0.4 is 0 Å². The van der Waals surface area contributed by atoms with E-state index in [-0.39, 0.29) is 4.58 Å². The summed E-state index contributed by atoms with van der Waals surface area (Å²) in [5, 5.41) is 0. The number of hydrogen-bond acceptors (Lipinski definition) is 2. The van der Waals surface area contributed by atoms with Crippen molar-refractivity contribution in [2.75, 3.05) is 11.5 Å². The number of benzene rings is 1. The minimum absolute atomic E-state index is 0.249. The standard InChI is InChI=1S/C9H10O2S2/c10-12-6-7-13(11)9(12)8-4-2-1-3-5-8/h1-5,9H,6-7H2. The van der Waals surface area contributed by atoms with E-state index in [1.54, 1.807) is 0 Å². The van der Waals surface area contributed by atoms with Crippen molar-refractivity contribution in [3.05, 3.63) is 35.9 Å². The second-order valence-corrected chi connectivity index (χ2v) is 6.49. The van der Waals surface area contributed by atoms with Crippen molar-refractivity contribution >= 4 is 21.6 Å². The fourth-order valence-electron chi connectivity index (χ4n) is 1.41. The van der Waals surface area contributed by atoms with E-state index in [1.807, 2.05) is 30.3 Å². The molecule has 1 aliphatic heterocycles. The summed E-state index contributed by atoms with van der Waals surface area (Å²) in [5.74, 6) is 1.15. The second kappa shape index (κ2) is 3.72. The molecule has 70 valence electrons. The molecule has 0 aromatic heterocycles. The van der Waals surface area contributed by atoms with Gasteiger partial charge >= 0.3 is 0 Å². The Hall–Kier alpha value is -0.480. The molecule has 0 amide bonds. The van der Waals surface area contributed by atoms with Gasteiger partial charge in [-0.3, -0.25) is 8.42 Å². The quantitative estimate of drug-likeness (QED) is 0.704. The Morgan fingerprint density at radius 3 is 2.08 bits per heavy atom. The van der Waals surface area contributed by atoms with E-state index in [4.69, 9.17) is 0 Å². The highest BCUT2D eigenvalue weighted by Gasteiger charge is 2.31. The van der Waals surface area contributed by atoms with Crippen LogP contribution in [0.1, 0.15) is 10.1 Å². The van der Waals surface area contributed by atoms with Gasteiger partial charge in [-0.15, -0.1) is 0 Å². The molecule has 0 aliphatic carbocycles. The minimum Gasteiger partial charge on any atom is -0.258 e. The van der Waals surface area contributed by atoms with Crippen molar-refractivity contribution in [2.45, 2.75) is 4.58 Å². The highest BCUT2D eigenvalue weighted by molar-refractivity contribution is 8.05. The predicted octanol–water partition coefficient (Wildman–Crippen LogP) is 1.20. The molecule has 2 atom stereocenters. The summed E-state index contributed by atoms with van der Waals surface area (Å²) in [6.45, 7) is 0. The second-order valence-electron chi connectivity index (χ2n) is 2.91. The zero-order chi connectivity index (χ0) is 9.26. The van der Waals surface area contributed by atoms with E-state index in [0.717, 1.165) is 5.56 Å². The molecular formula is C9H10O2S2. The van der Waals surface area contributed by atoms with E-state index in [9.17, 15) is 8.42 Å². The molecule has 0 radical (unpaired) electrons. The molecule has 2 rings (SSSR count). The van der Waals surface area contributed by atoms with Gasteiger partial charge in [-0.25, -0.2) is 0 Å². The molecule has 1 aromatic rings. The van der Waals surface area contributed by atoms with E-state index < -0.39 is 21.6 Å². The van der Waals surface area contributed by atoms with Crippen molar-refractivity contribution in [1.82, 2.24) is 0 Å². The van der Waals surface area contributed by atoms with Gasteiger partial charge in [0, 0.05) is 33.1 Å². The highest BCUT2D eigenvalue weighted by atomic mass is 32.3. The number of rotatable bonds is 1. The summed E-state index contributed by atoms with van der Waals surface area (Å²) in [5.41, 5.74) is 0.941. The van der Waals surface area contributed by atoms with Crippen LogP contribution in [0.5, 0.6) is 0 Å². The fourth-order valence-corrected chi connectivity index (χ4v) is 5.61. The highest BCUT2D eigenvalue weighted by Crippen LogP contribution is 2.28. The van der Waals surface area contributed by atoms with Crippen molar-refractivity contribution in [3.63, 3.8) is 0 Å². The molecule has 1 aliphatic rings. The van der Waals surface area contributed by atoms with Gasteiger partial charge in [0.05, 0.1) is 0 Å². The van der Waals surface area contributed by atoms with Crippen LogP contribution in [0.25, 0.3) is 0 Å². The monoisotopic (exact) mass is 214 g/mol. The molecule has 13 heavy (non-hydrogen) atoms. The Balaban J connectivity index is 2.36. The first-order valence-electron chi connectivity index (χ1n) is 4.08.